The van der Waals surface area contributed by atoms with E-state index in [-0.39, 0.29) is 32.0 Å². The Balaban J connectivity index is 4.16. The van der Waals surface area contributed by atoms with Gasteiger partial charge in [-0.1, -0.05) is 231 Å². The van der Waals surface area contributed by atoms with E-state index in [0.29, 0.717) is 17.4 Å². The van der Waals surface area contributed by atoms with Crippen LogP contribution >= 0.6 is 7.82 Å². The second-order valence-electron chi connectivity index (χ2n) is 20.0. The molecule has 0 saturated carbocycles. The fourth-order valence-electron chi connectivity index (χ4n) is 8.01. The first-order valence-corrected chi connectivity index (χ1v) is 28.9. The summed E-state index contributed by atoms with van der Waals surface area (Å²) in [6.07, 6.45) is 52.5. The second-order valence-corrected chi connectivity index (χ2v) is 21.4. The number of rotatable bonds is 51. The van der Waals surface area contributed by atoms with Crippen LogP contribution in [0.3, 0.4) is 0 Å². The second kappa shape index (κ2) is 46.8. The van der Waals surface area contributed by atoms with Crippen molar-refractivity contribution >= 4 is 19.8 Å². The summed E-state index contributed by atoms with van der Waals surface area (Å²) in [7, 11) is 1.18. The van der Waals surface area contributed by atoms with Gasteiger partial charge in [0.05, 0.1) is 27.7 Å². The van der Waals surface area contributed by atoms with Gasteiger partial charge in [0, 0.05) is 12.8 Å². The lowest BCUT2D eigenvalue weighted by atomic mass is 10.0. The Labute approximate surface area is 396 Å². The molecule has 0 aromatic rings. The number of quaternary nitrogens is 1. The van der Waals surface area contributed by atoms with Crippen molar-refractivity contribution in [1.82, 2.24) is 0 Å². The average molecular weight is 928 g/mol. The fraction of sp³-hybridized carbons (Fsp3) is 0.926. The first-order valence-electron chi connectivity index (χ1n) is 27.4. The summed E-state index contributed by atoms with van der Waals surface area (Å²) in [6.45, 7) is 4.28. The van der Waals surface area contributed by atoms with Crippen LogP contribution in [0, 0.1) is 0 Å². The fourth-order valence-corrected chi connectivity index (χ4v) is 8.73. The standard InChI is InChI=1S/C54H106NO8P/c1-6-8-10-12-14-16-18-20-22-24-25-26-27-28-29-31-33-35-37-39-41-43-45-47-54(57)63-52(51-62-64(58,59)61-49-48-55(3,4)5)50-60-53(56)46-44-42-40-38-36-34-32-30-23-21-19-17-15-13-11-9-7-2/h21,23,52H,6-20,22,24-51H2,1-5H3/b23-21+/t52-/m1/s1. The minimum atomic E-state index is -4.63. The molecule has 0 rings (SSSR count). The van der Waals surface area contributed by atoms with E-state index < -0.39 is 26.5 Å². The lowest BCUT2D eigenvalue weighted by molar-refractivity contribution is -0.870. The molecule has 0 radical (unpaired) electrons. The molecular weight excluding hydrogens is 822 g/mol. The number of carbonyl (C=O) groups excluding carboxylic acids is 2. The van der Waals surface area contributed by atoms with E-state index in [0.717, 1.165) is 38.5 Å². The lowest BCUT2D eigenvalue weighted by Crippen LogP contribution is -2.37. The van der Waals surface area contributed by atoms with Gasteiger partial charge in [-0.2, -0.15) is 0 Å². The van der Waals surface area contributed by atoms with Crippen LogP contribution in [0.15, 0.2) is 12.2 Å². The monoisotopic (exact) mass is 928 g/mol. The molecule has 380 valence electrons. The summed E-state index contributed by atoms with van der Waals surface area (Å²) in [5, 5.41) is 0. The van der Waals surface area contributed by atoms with Gasteiger partial charge >= 0.3 is 11.9 Å². The Morgan fingerprint density at radius 2 is 0.797 bits per heavy atom. The number of ether oxygens (including phenoxy) is 2. The zero-order valence-corrected chi connectivity index (χ0v) is 43.9. The van der Waals surface area contributed by atoms with E-state index in [1.54, 1.807) is 0 Å². The van der Waals surface area contributed by atoms with Gasteiger partial charge in [-0.25, -0.2) is 0 Å². The summed E-state index contributed by atoms with van der Waals surface area (Å²) in [6, 6.07) is 0. The number of hydrogen-bond acceptors (Lipinski definition) is 8. The normalized spacial score (nSPS) is 13.4. The Morgan fingerprint density at radius 3 is 1.16 bits per heavy atom. The number of likely N-dealkylation sites (N-methyl/N-ethyl adjacent to an activating group) is 1. The summed E-state index contributed by atoms with van der Waals surface area (Å²) < 4.78 is 34.1. The summed E-state index contributed by atoms with van der Waals surface area (Å²) in [5.74, 6) is -0.822. The Bertz CT molecular complexity index is 1100. The topological polar surface area (TPSA) is 111 Å². The molecule has 0 aromatic carbocycles. The quantitative estimate of drug-likeness (QED) is 0.0195. The molecule has 0 aromatic heterocycles. The smallest absolute Gasteiger partial charge is 0.306 e. The van der Waals surface area contributed by atoms with Gasteiger partial charge in [0.25, 0.3) is 7.82 Å². The molecule has 0 saturated heterocycles. The van der Waals surface area contributed by atoms with Gasteiger partial charge in [-0.3, -0.25) is 14.2 Å². The maximum Gasteiger partial charge on any atom is 0.306 e. The van der Waals surface area contributed by atoms with Gasteiger partial charge in [0.1, 0.15) is 19.8 Å². The van der Waals surface area contributed by atoms with Crippen molar-refractivity contribution in [2.45, 2.75) is 277 Å². The van der Waals surface area contributed by atoms with Crippen LogP contribution in [0.2, 0.25) is 0 Å². The number of esters is 2. The van der Waals surface area contributed by atoms with E-state index in [1.165, 1.54) is 199 Å². The van der Waals surface area contributed by atoms with Crippen molar-refractivity contribution in [2.75, 3.05) is 47.5 Å². The predicted octanol–water partition coefficient (Wildman–Crippen LogP) is 15.8. The van der Waals surface area contributed by atoms with Gasteiger partial charge in [0.15, 0.2) is 6.10 Å². The van der Waals surface area contributed by atoms with Crippen molar-refractivity contribution in [2.24, 2.45) is 0 Å². The number of hydrogen-bond donors (Lipinski definition) is 0. The zero-order chi connectivity index (χ0) is 47.1. The molecule has 0 N–H and O–H groups in total. The third kappa shape index (κ3) is 50.2. The molecule has 1 unspecified atom stereocenters. The number of nitrogens with zero attached hydrogens (tertiary/aromatic N) is 1. The Morgan fingerprint density at radius 1 is 0.469 bits per heavy atom. The van der Waals surface area contributed by atoms with Crippen LogP contribution < -0.4 is 4.89 Å². The maximum atomic E-state index is 12.8. The van der Waals surface area contributed by atoms with E-state index in [9.17, 15) is 19.0 Å². The highest BCUT2D eigenvalue weighted by atomic mass is 31.2. The third-order valence-electron chi connectivity index (χ3n) is 12.3. The van der Waals surface area contributed by atoms with Crippen molar-refractivity contribution in [3.05, 3.63) is 12.2 Å². The molecule has 2 atom stereocenters. The Kier molecular flexibility index (Phi) is 45.9. The highest BCUT2D eigenvalue weighted by Crippen LogP contribution is 2.38. The highest BCUT2D eigenvalue weighted by molar-refractivity contribution is 7.45. The Hall–Kier alpha value is -1.25. The van der Waals surface area contributed by atoms with E-state index >= 15 is 0 Å². The molecule has 64 heavy (non-hydrogen) atoms. The number of carbonyl (C=O) groups is 2. The molecule has 0 amide bonds. The predicted molar refractivity (Wildman–Crippen MR) is 268 cm³/mol. The molecule has 10 heteroatoms. The number of phosphoric ester groups is 1. The molecule has 0 fully saturated rings. The highest BCUT2D eigenvalue weighted by Gasteiger charge is 2.21. The molecule has 0 bridgehead atoms. The number of phosphoric acid groups is 1. The summed E-state index contributed by atoms with van der Waals surface area (Å²) in [5.41, 5.74) is 0. The van der Waals surface area contributed by atoms with Crippen molar-refractivity contribution in [3.63, 3.8) is 0 Å². The zero-order valence-electron chi connectivity index (χ0n) is 43.0. The first kappa shape index (κ1) is 62.8. The minimum absolute atomic E-state index is 0.0278. The van der Waals surface area contributed by atoms with Crippen LogP contribution in [0.4, 0.5) is 0 Å². The van der Waals surface area contributed by atoms with Gasteiger partial charge in [-0.15, -0.1) is 0 Å². The molecule has 0 heterocycles. The first-order chi connectivity index (χ1) is 31.0. The molecule has 0 aliphatic rings. The minimum Gasteiger partial charge on any atom is -0.756 e. The van der Waals surface area contributed by atoms with Crippen LogP contribution in [-0.4, -0.2) is 70.0 Å². The average Bonchev–Trinajstić information content (AvgIpc) is 3.25. The molecule has 0 spiro atoms. The largest absolute Gasteiger partial charge is 0.756 e. The number of unbranched alkanes of at least 4 members (excludes halogenated alkanes) is 35. The third-order valence-corrected chi connectivity index (χ3v) is 13.2. The molecule has 0 aliphatic heterocycles. The van der Waals surface area contributed by atoms with Gasteiger partial charge in [0.2, 0.25) is 0 Å². The van der Waals surface area contributed by atoms with Crippen molar-refractivity contribution in [3.8, 4) is 0 Å². The molecular formula is C54H106NO8P. The molecule has 9 nitrogen and oxygen atoms in total. The molecule has 0 aliphatic carbocycles. The number of allylic oxidation sites excluding steroid dienone is 2. The SMILES string of the molecule is CCCCCCCC/C=C/CCCCCCCCCC(=O)OC[C@H](COP(=O)([O-])OCC[N+](C)(C)C)OC(=O)CCCCCCCCCCCCCCCCCCCCCCCCC. The summed E-state index contributed by atoms with van der Waals surface area (Å²) >= 11 is 0. The van der Waals surface area contributed by atoms with E-state index in [2.05, 4.69) is 26.0 Å². The van der Waals surface area contributed by atoms with E-state index in [4.69, 9.17) is 18.5 Å². The van der Waals surface area contributed by atoms with Crippen LogP contribution in [0.25, 0.3) is 0 Å². The van der Waals surface area contributed by atoms with Gasteiger partial charge in [-0.05, 0) is 38.5 Å². The van der Waals surface area contributed by atoms with Crippen molar-refractivity contribution in [1.29, 1.82) is 0 Å². The van der Waals surface area contributed by atoms with E-state index in [1.807, 2.05) is 21.1 Å². The van der Waals surface area contributed by atoms with Crippen LogP contribution in [0.5, 0.6) is 0 Å². The maximum absolute atomic E-state index is 12.8. The van der Waals surface area contributed by atoms with Crippen molar-refractivity contribution < 1.29 is 42.1 Å². The summed E-state index contributed by atoms with van der Waals surface area (Å²) in [4.78, 5) is 37.8. The lowest BCUT2D eigenvalue weighted by Gasteiger charge is -2.28. The van der Waals surface area contributed by atoms with Gasteiger partial charge < -0.3 is 27.9 Å². The van der Waals surface area contributed by atoms with Crippen LogP contribution in [0.1, 0.15) is 271 Å². The van der Waals surface area contributed by atoms with Crippen LogP contribution in [-0.2, 0) is 32.7 Å².